The quantitative estimate of drug-likeness (QED) is 0.784. The lowest BCUT2D eigenvalue weighted by molar-refractivity contribution is 0.0842. The van der Waals surface area contributed by atoms with Gasteiger partial charge in [-0.1, -0.05) is 28.9 Å². The fourth-order valence-corrected chi connectivity index (χ4v) is 2.24. The number of benzene rings is 1. The van der Waals surface area contributed by atoms with E-state index in [1.54, 1.807) is 0 Å². The van der Waals surface area contributed by atoms with Crippen molar-refractivity contribution in [3.8, 4) is 0 Å². The van der Waals surface area contributed by atoms with Gasteiger partial charge < -0.3 is 10.2 Å². The molecule has 3 rings (SSSR count). The second-order valence-corrected chi connectivity index (χ2v) is 4.33. The van der Waals surface area contributed by atoms with E-state index in [9.17, 15) is 0 Å². The van der Waals surface area contributed by atoms with Gasteiger partial charge in [-0.15, -0.1) is 0 Å². The molecular formula is C11H11ClN2O. The van der Waals surface area contributed by atoms with Crippen LogP contribution in [0.15, 0.2) is 29.4 Å². The minimum atomic E-state index is 0.218. The molecule has 4 heteroatoms. The zero-order valence-corrected chi connectivity index (χ0v) is 8.87. The maximum absolute atomic E-state index is 5.85. The van der Waals surface area contributed by atoms with Crippen molar-refractivity contribution in [2.45, 2.75) is 6.10 Å². The lowest BCUT2D eigenvalue weighted by Gasteiger charge is -2.07. The van der Waals surface area contributed by atoms with Crippen molar-refractivity contribution in [3.63, 3.8) is 0 Å². The number of nitrogens with one attached hydrogen (secondary N) is 1. The molecule has 1 fully saturated rings. The van der Waals surface area contributed by atoms with Crippen molar-refractivity contribution in [1.29, 1.82) is 0 Å². The van der Waals surface area contributed by atoms with Gasteiger partial charge in [0, 0.05) is 18.1 Å². The Labute approximate surface area is 93.1 Å². The minimum Gasteiger partial charge on any atom is -0.390 e. The van der Waals surface area contributed by atoms with Crippen molar-refractivity contribution in [2.24, 2.45) is 11.1 Å². The molecule has 2 aliphatic heterocycles. The summed E-state index contributed by atoms with van der Waals surface area (Å²) in [6.45, 7) is 1.84. The zero-order valence-electron chi connectivity index (χ0n) is 8.11. The summed E-state index contributed by atoms with van der Waals surface area (Å²) in [5.74, 6) is 0.395. The van der Waals surface area contributed by atoms with Gasteiger partial charge in [0.2, 0.25) is 0 Å². The molecule has 1 aromatic rings. The number of hydrogen-bond acceptors (Lipinski definition) is 3. The molecule has 3 nitrogen and oxygen atoms in total. The van der Waals surface area contributed by atoms with Gasteiger partial charge in [0.15, 0.2) is 0 Å². The van der Waals surface area contributed by atoms with Gasteiger partial charge in [-0.05, 0) is 17.7 Å². The molecule has 0 spiro atoms. The number of oxime groups is 1. The molecule has 0 aromatic heterocycles. The normalized spacial score (nSPS) is 28.5. The molecule has 2 atom stereocenters. The van der Waals surface area contributed by atoms with E-state index in [1.807, 2.05) is 24.3 Å². The molecule has 2 aliphatic rings. The summed E-state index contributed by atoms with van der Waals surface area (Å²) < 4.78 is 0. The molecule has 0 radical (unpaired) electrons. The largest absolute Gasteiger partial charge is 0.390 e. The van der Waals surface area contributed by atoms with Gasteiger partial charge in [-0.25, -0.2) is 0 Å². The van der Waals surface area contributed by atoms with Gasteiger partial charge >= 0.3 is 0 Å². The summed E-state index contributed by atoms with van der Waals surface area (Å²) >= 11 is 5.85. The average molecular weight is 223 g/mol. The number of rotatable bonds is 1. The van der Waals surface area contributed by atoms with Crippen LogP contribution in [0.3, 0.4) is 0 Å². The molecule has 1 saturated heterocycles. The van der Waals surface area contributed by atoms with Crippen LogP contribution in [0.25, 0.3) is 0 Å². The van der Waals surface area contributed by atoms with E-state index in [4.69, 9.17) is 16.4 Å². The highest BCUT2D eigenvalue weighted by molar-refractivity contribution is 6.30. The van der Waals surface area contributed by atoms with Crippen LogP contribution < -0.4 is 5.32 Å². The second kappa shape index (κ2) is 3.51. The van der Waals surface area contributed by atoms with Crippen LogP contribution in [0.2, 0.25) is 5.02 Å². The Morgan fingerprint density at radius 2 is 2.07 bits per heavy atom. The summed E-state index contributed by atoms with van der Waals surface area (Å²) in [7, 11) is 0. The molecule has 0 unspecified atom stereocenters. The predicted octanol–water partition coefficient (Wildman–Crippen LogP) is 1.66. The minimum absolute atomic E-state index is 0.218. The lowest BCUT2D eigenvalue weighted by atomic mass is 9.95. The molecule has 0 aliphatic carbocycles. The van der Waals surface area contributed by atoms with Crippen molar-refractivity contribution in [3.05, 3.63) is 34.9 Å². The number of fused-ring (bicyclic) bond motifs is 1. The van der Waals surface area contributed by atoms with Crippen molar-refractivity contribution in [2.75, 3.05) is 13.1 Å². The van der Waals surface area contributed by atoms with Crippen LogP contribution in [0.4, 0.5) is 0 Å². The van der Waals surface area contributed by atoms with Crippen LogP contribution in [0, 0.1) is 5.92 Å². The highest BCUT2D eigenvalue weighted by Crippen LogP contribution is 2.26. The second-order valence-electron chi connectivity index (χ2n) is 3.89. The van der Waals surface area contributed by atoms with Crippen LogP contribution in [-0.4, -0.2) is 24.9 Å². The van der Waals surface area contributed by atoms with E-state index in [0.717, 1.165) is 29.4 Å². The standard InChI is InChI=1S/C11H11ClN2O/c12-8-3-1-7(2-4-8)11-9-5-13-6-10(9)15-14-11/h1-4,9-10,13H,5-6H2/t9-,10+/m0/s1. The summed E-state index contributed by atoms with van der Waals surface area (Å²) in [6, 6.07) is 7.75. The van der Waals surface area contributed by atoms with Gasteiger partial charge in [0.1, 0.15) is 6.10 Å². The Morgan fingerprint density at radius 1 is 1.27 bits per heavy atom. The van der Waals surface area contributed by atoms with E-state index in [1.165, 1.54) is 0 Å². The first-order valence-corrected chi connectivity index (χ1v) is 5.43. The third-order valence-corrected chi connectivity index (χ3v) is 3.19. The highest BCUT2D eigenvalue weighted by Gasteiger charge is 2.38. The monoisotopic (exact) mass is 222 g/mol. The van der Waals surface area contributed by atoms with Crippen molar-refractivity contribution in [1.82, 2.24) is 5.32 Å². The zero-order chi connectivity index (χ0) is 10.3. The first-order chi connectivity index (χ1) is 7.34. The molecule has 2 heterocycles. The SMILES string of the molecule is Clc1ccc(C2=NO[C@@H]3CNC[C@H]23)cc1. The third kappa shape index (κ3) is 1.52. The first-order valence-electron chi connectivity index (χ1n) is 5.05. The van der Waals surface area contributed by atoms with Crippen molar-refractivity contribution < 1.29 is 4.84 Å². The van der Waals surface area contributed by atoms with Crippen molar-refractivity contribution >= 4 is 17.3 Å². The molecular weight excluding hydrogens is 212 g/mol. The Balaban J connectivity index is 1.91. The Bertz CT molecular complexity index is 402. The van der Waals surface area contributed by atoms with Crippen LogP contribution in [0.1, 0.15) is 5.56 Å². The smallest absolute Gasteiger partial charge is 0.149 e. The Hall–Kier alpha value is -1.06. The van der Waals surface area contributed by atoms with E-state index < -0.39 is 0 Å². The Morgan fingerprint density at radius 3 is 2.87 bits per heavy atom. The average Bonchev–Trinajstić information content (AvgIpc) is 2.80. The summed E-state index contributed by atoms with van der Waals surface area (Å²) in [5, 5.41) is 8.21. The third-order valence-electron chi connectivity index (χ3n) is 2.94. The summed E-state index contributed by atoms with van der Waals surface area (Å²) in [4.78, 5) is 5.37. The topological polar surface area (TPSA) is 33.6 Å². The van der Waals surface area contributed by atoms with E-state index in [0.29, 0.717) is 5.92 Å². The fourth-order valence-electron chi connectivity index (χ4n) is 2.12. The number of nitrogens with zero attached hydrogens (tertiary/aromatic N) is 1. The van der Waals surface area contributed by atoms with Crippen LogP contribution >= 0.6 is 11.6 Å². The van der Waals surface area contributed by atoms with E-state index in [-0.39, 0.29) is 6.10 Å². The maximum Gasteiger partial charge on any atom is 0.149 e. The molecule has 0 bridgehead atoms. The van der Waals surface area contributed by atoms with Crippen LogP contribution in [0.5, 0.6) is 0 Å². The number of halogens is 1. The first kappa shape index (κ1) is 9.19. The summed E-state index contributed by atoms with van der Waals surface area (Å²) in [6.07, 6.45) is 0.218. The molecule has 15 heavy (non-hydrogen) atoms. The molecule has 1 N–H and O–H groups in total. The predicted molar refractivity (Wildman–Crippen MR) is 59.2 cm³/mol. The number of hydrogen-bond donors (Lipinski definition) is 1. The summed E-state index contributed by atoms with van der Waals surface area (Å²) in [5.41, 5.74) is 2.15. The van der Waals surface area contributed by atoms with E-state index >= 15 is 0 Å². The van der Waals surface area contributed by atoms with Gasteiger partial charge in [0.05, 0.1) is 11.6 Å². The highest BCUT2D eigenvalue weighted by atomic mass is 35.5. The van der Waals surface area contributed by atoms with Gasteiger partial charge in [0.25, 0.3) is 0 Å². The Kier molecular flexibility index (Phi) is 2.15. The van der Waals surface area contributed by atoms with Crippen LogP contribution in [-0.2, 0) is 4.84 Å². The molecule has 0 amide bonds. The van der Waals surface area contributed by atoms with Gasteiger partial charge in [-0.3, -0.25) is 0 Å². The molecule has 0 saturated carbocycles. The van der Waals surface area contributed by atoms with Gasteiger partial charge in [-0.2, -0.15) is 0 Å². The maximum atomic E-state index is 5.85. The molecule has 1 aromatic carbocycles. The fraction of sp³-hybridized carbons (Fsp3) is 0.364. The molecule has 78 valence electrons. The van der Waals surface area contributed by atoms with E-state index in [2.05, 4.69) is 10.5 Å². The lowest BCUT2D eigenvalue weighted by Crippen LogP contribution is -2.21.